The number of nitrogens with one attached hydrogen (secondary N) is 1. The Kier molecular flexibility index (Phi) is 4.42. The molecule has 1 aliphatic rings. The van der Waals surface area contributed by atoms with Gasteiger partial charge in [-0.3, -0.25) is 0 Å². The first-order chi connectivity index (χ1) is 9.00. The van der Waals surface area contributed by atoms with E-state index in [1.165, 1.54) is 0 Å². The van der Waals surface area contributed by atoms with E-state index < -0.39 is 0 Å². The monoisotopic (exact) mass is 278 g/mol. The summed E-state index contributed by atoms with van der Waals surface area (Å²) in [5.74, 6) is 0. The molecule has 0 amide bonds. The van der Waals surface area contributed by atoms with Gasteiger partial charge < -0.3 is 15.8 Å². The van der Waals surface area contributed by atoms with E-state index in [0.29, 0.717) is 10.4 Å². The minimum Gasteiger partial charge on any atom is -0.389 e. The maximum Gasteiger partial charge on any atom is 0.104 e. The van der Waals surface area contributed by atoms with Gasteiger partial charge in [0.2, 0.25) is 0 Å². The molecule has 0 saturated carbocycles. The van der Waals surface area contributed by atoms with Gasteiger partial charge in [-0.2, -0.15) is 0 Å². The molecule has 2 rings (SSSR count). The third kappa shape index (κ3) is 3.67. The molecule has 0 unspecified atom stereocenters. The predicted octanol–water partition coefficient (Wildman–Crippen LogP) is 2.86. The summed E-state index contributed by atoms with van der Waals surface area (Å²) in [5, 5.41) is 3.52. The van der Waals surface area contributed by atoms with E-state index in [1.54, 1.807) is 0 Å². The second-order valence-electron chi connectivity index (χ2n) is 5.67. The number of aryl methyl sites for hydroxylation is 1. The summed E-state index contributed by atoms with van der Waals surface area (Å²) in [4.78, 5) is 0.459. The Morgan fingerprint density at radius 3 is 2.68 bits per heavy atom. The van der Waals surface area contributed by atoms with Gasteiger partial charge in [0.15, 0.2) is 0 Å². The van der Waals surface area contributed by atoms with Crippen LogP contribution in [-0.2, 0) is 4.74 Å². The number of anilines is 1. The quantitative estimate of drug-likeness (QED) is 0.831. The normalized spacial score (nSPS) is 18.0. The Labute approximate surface area is 120 Å². The van der Waals surface area contributed by atoms with Crippen molar-refractivity contribution in [3.8, 4) is 0 Å². The molecule has 1 aromatic rings. The smallest absolute Gasteiger partial charge is 0.104 e. The average molecular weight is 278 g/mol. The topological polar surface area (TPSA) is 47.3 Å². The highest BCUT2D eigenvalue weighted by molar-refractivity contribution is 7.80. The Bertz CT molecular complexity index is 467. The van der Waals surface area contributed by atoms with Crippen LogP contribution in [0.2, 0.25) is 0 Å². The number of hydrogen-bond acceptors (Lipinski definition) is 3. The molecule has 1 heterocycles. The van der Waals surface area contributed by atoms with E-state index in [4.69, 9.17) is 22.7 Å². The number of ether oxygens (including phenoxy) is 1. The van der Waals surface area contributed by atoms with Gasteiger partial charge in [0, 0.05) is 31.0 Å². The summed E-state index contributed by atoms with van der Waals surface area (Å²) in [7, 11) is 0. The lowest BCUT2D eigenvalue weighted by molar-refractivity contribution is 0.0300. The van der Waals surface area contributed by atoms with E-state index >= 15 is 0 Å². The van der Waals surface area contributed by atoms with Crippen LogP contribution in [0.5, 0.6) is 0 Å². The highest BCUT2D eigenvalue weighted by Crippen LogP contribution is 2.30. The lowest BCUT2D eigenvalue weighted by Gasteiger charge is -2.34. The summed E-state index contributed by atoms with van der Waals surface area (Å²) in [5.41, 5.74) is 9.21. The van der Waals surface area contributed by atoms with Gasteiger partial charge in [0.1, 0.15) is 4.99 Å². The molecule has 0 aliphatic carbocycles. The second-order valence-corrected chi connectivity index (χ2v) is 6.11. The molecule has 104 valence electrons. The summed E-state index contributed by atoms with van der Waals surface area (Å²) in [6.45, 7) is 7.08. The van der Waals surface area contributed by atoms with Crippen molar-refractivity contribution in [2.75, 3.05) is 25.1 Å². The Hall–Kier alpha value is -1.13. The van der Waals surface area contributed by atoms with Gasteiger partial charge in [-0.15, -0.1) is 0 Å². The molecule has 3 N–H and O–H groups in total. The zero-order valence-corrected chi connectivity index (χ0v) is 12.5. The molecule has 1 aromatic carbocycles. The zero-order valence-electron chi connectivity index (χ0n) is 11.7. The van der Waals surface area contributed by atoms with E-state index in [-0.39, 0.29) is 0 Å². The Balaban J connectivity index is 2.00. The van der Waals surface area contributed by atoms with Gasteiger partial charge in [0.05, 0.1) is 0 Å². The lowest BCUT2D eigenvalue weighted by atomic mass is 9.82. The Morgan fingerprint density at radius 1 is 1.42 bits per heavy atom. The van der Waals surface area contributed by atoms with E-state index in [2.05, 4.69) is 18.3 Å². The highest BCUT2D eigenvalue weighted by atomic mass is 32.1. The minimum absolute atomic E-state index is 0.327. The molecule has 0 radical (unpaired) electrons. The Morgan fingerprint density at radius 2 is 2.11 bits per heavy atom. The molecule has 1 aliphatic heterocycles. The number of rotatable bonds is 4. The van der Waals surface area contributed by atoms with Crippen molar-refractivity contribution < 1.29 is 4.74 Å². The van der Waals surface area contributed by atoms with Crippen molar-refractivity contribution in [3.63, 3.8) is 0 Å². The van der Waals surface area contributed by atoms with E-state index in [9.17, 15) is 0 Å². The zero-order chi connectivity index (χ0) is 13.9. The first-order valence-electron chi connectivity index (χ1n) is 6.72. The number of thiocarbonyl (C=S) groups is 1. The third-order valence-electron chi connectivity index (χ3n) is 3.91. The predicted molar refractivity (Wildman–Crippen MR) is 83.7 cm³/mol. The average Bonchev–Trinajstić information content (AvgIpc) is 2.37. The lowest BCUT2D eigenvalue weighted by Crippen LogP contribution is -2.33. The van der Waals surface area contributed by atoms with Crippen molar-refractivity contribution in [1.29, 1.82) is 0 Å². The first kappa shape index (κ1) is 14.3. The highest BCUT2D eigenvalue weighted by Gasteiger charge is 2.26. The maximum atomic E-state index is 5.67. The van der Waals surface area contributed by atoms with Gasteiger partial charge >= 0.3 is 0 Å². The standard InChI is InChI=1S/C15H22N2OS/c1-11-9-12(3-4-13(11)14(16)19)17-10-15(2)5-7-18-8-6-15/h3-4,9,17H,5-8,10H2,1-2H3,(H2,16,19). The van der Waals surface area contributed by atoms with Crippen molar-refractivity contribution in [3.05, 3.63) is 29.3 Å². The molecular formula is C15H22N2OS. The van der Waals surface area contributed by atoms with Gasteiger partial charge in [-0.05, 0) is 48.9 Å². The van der Waals surface area contributed by atoms with E-state index in [0.717, 1.165) is 49.4 Å². The molecule has 1 saturated heterocycles. The first-order valence-corrected chi connectivity index (χ1v) is 7.13. The van der Waals surface area contributed by atoms with Crippen LogP contribution < -0.4 is 11.1 Å². The van der Waals surface area contributed by atoms with Crippen molar-refractivity contribution in [2.24, 2.45) is 11.1 Å². The van der Waals surface area contributed by atoms with Crippen LogP contribution in [0, 0.1) is 12.3 Å². The van der Waals surface area contributed by atoms with Crippen LogP contribution in [0.3, 0.4) is 0 Å². The fourth-order valence-corrected chi connectivity index (χ4v) is 2.64. The second kappa shape index (κ2) is 5.88. The fraction of sp³-hybridized carbons (Fsp3) is 0.533. The molecule has 19 heavy (non-hydrogen) atoms. The molecule has 3 nitrogen and oxygen atoms in total. The van der Waals surface area contributed by atoms with Crippen molar-refractivity contribution in [2.45, 2.75) is 26.7 Å². The van der Waals surface area contributed by atoms with Crippen LogP contribution in [-0.4, -0.2) is 24.7 Å². The van der Waals surface area contributed by atoms with Gasteiger partial charge in [0.25, 0.3) is 0 Å². The molecular weight excluding hydrogens is 256 g/mol. The molecule has 4 heteroatoms. The summed E-state index contributed by atoms with van der Waals surface area (Å²) >= 11 is 5.02. The van der Waals surface area contributed by atoms with Gasteiger partial charge in [-0.1, -0.05) is 19.1 Å². The summed E-state index contributed by atoms with van der Waals surface area (Å²) < 4.78 is 5.42. The molecule has 1 fully saturated rings. The number of hydrogen-bond donors (Lipinski definition) is 2. The third-order valence-corrected chi connectivity index (χ3v) is 4.13. The largest absolute Gasteiger partial charge is 0.389 e. The van der Waals surface area contributed by atoms with Crippen molar-refractivity contribution >= 4 is 22.9 Å². The summed E-state index contributed by atoms with van der Waals surface area (Å²) in [6, 6.07) is 6.15. The fourth-order valence-electron chi connectivity index (χ4n) is 2.41. The van der Waals surface area contributed by atoms with Crippen LogP contribution in [0.15, 0.2) is 18.2 Å². The maximum absolute atomic E-state index is 5.67. The van der Waals surface area contributed by atoms with Crippen molar-refractivity contribution in [1.82, 2.24) is 0 Å². The summed E-state index contributed by atoms with van der Waals surface area (Å²) in [6.07, 6.45) is 2.23. The minimum atomic E-state index is 0.327. The number of benzene rings is 1. The molecule has 0 spiro atoms. The number of nitrogens with two attached hydrogens (primary N) is 1. The van der Waals surface area contributed by atoms with Gasteiger partial charge in [-0.25, -0.2) is 0 Å². The molecule has 0 bridgehead atoms. The van der Waals surface area contributed by atoms with Crippen LogP contribution in [0.4, 0.5) is 5.69 Å². The van der Waals surface area contributed by atoms with Crippen LogP contribution in [0.1, 0.15) is 30.9 Å². The van der Waals surface area contributed by atoms with E-state index in [1.807, 2.05) is 19.1 Å². The van der Waals surface area contributed by atoms with Crippen LogP contribution >= 0.6 is 12.2 Å². The SMILES string of the molecule is Cc1cc(NCC2(C)CCOCC2)ccc1C(N)=S. The van der Waals surface area contributed by atoms with Crippen LogP contribution in [0.25, 0.3) is 0 Å². The molecule has 0 atom stereocenters. The molecule has 0 aromatic heterocycles.